The Morgan fingerprint density at radius 3 is 2.06 bits per heavy atom. The second-order valence-corrected chi connectivity index (χ2v) is 6.27. The molecule has 0 atom stereocenters. The van der Waals surface area contributed by atoms with Gasteiger partial charge >= 0.3 is 5.97 Å². The molecule has 0 amide bonds. The third kappa shape index (κ3) is 1.86. The predicted octanol–water partition coefficient (Wildman–Crippen LogP) is 2.02. The van der Waals surface area contributed by atoms with E-state index in [9.17, 15) is 4.79 Å². The van der Waals surface area contributed by atoms with Crippen LogP contribution in [0.4, 0.5) is 0 Å². The van der Waals surface area contributed by atoms with Crippen molar-refractivity contribution >= 4 is 5.97 Å². The van der Waals surface area contributed by atoms with Gasteiger partial charge in [-0.1, -0.05) is 0 Å². The first kappa shape index (κ1) is 10.6. The third-order valence-corrected chi connectivity index (χ3v) is 4.88. The minimum absolute atomic E-state index is 0.266. The fourth-order valence-electron chi connectivity index (χ4n) is 4.76. The summed E-state index contributed by atoms with van der Waals surface area (Å²) in [7, 11) is 0. The van der Waals surface area contributed by atoms with E-state index >= 15 is 0 Å². The van der Waals surface area contributed by atoms with Gasteiger partial charge in [0.25, 0.3) is 0 Å². The van der Waals surface area contributed by atoms with E-state index in [-0.39, 0.29) is 6.42 Å². The largest absolute Gasteiger partial charge is 0.481 e. The van der Waals surface area contributed by atoms with Crippen LogP contribution in [0.3, 0.4) is 0 Å². The molecule has 3 nitrogen and oxygen atoms in total. The smallest absolute Gasteiger partial charge is 0.304 e. The standard InChI is InChI=1S/C13H21NO2/c15-12(16)1-2-14-13-6-9-3-10(7-13)5-11(4-9)8-13/h9-11,14H,1-8H2,(H,15,16). The number of carbonyl (C=O) groups is 1. The third-order valence-electron chi connectivity index (χ3n) is 4.88. The van der Waals surface area contributed by atoms with E-state index in [4.69, 9.17) is 5.11 Å². The topological polar surface area (TPSA) is 49.3 Å². The lowest BCUT2D eigenvalue weighted by atomic mass is 9.53. The molecule has 0 aliphatic heterocycles. The summed E-state index contributed by atoms with van der Waals surface area (Å²) in [6.45, 7) is 0.654. The molecular formula is C13H21NO2. The molecule has 2 N–H and O–H groups in total. The highest BCUT2D eigenvalue weighted by molar-refractivity contribution is 5.66. The van der Waals surface area contributed by atoms with Crippen molar-refractivity contribution in [1.82, 2.24) is 5.32 Å². The summed E-state index contributed by atoms with van der Waals surface area (Å²) in [6, 6.07) is 0. The number of carboxylic acids is 1. The van der Waals surface area contributed by atoms with E-state index < -0.39 is 5.97 Å². The van der Waals surface area contributed by atoms with Crippen molar-refractivity contribution in [3.8, 4) is 0 Å². The summed E-state index contributed by atoms with van der Waals surface area (Å²) >= 11 is 0. The lowest BCUT2D eigenvalue weighted by Crippen LogP contribution is -2.58. The molecule has 0 aromatic rings. The van der Waals surface area contributed by atoms with Crippen LogP contribution >= 0.6 is 0 Å². The van der Waals surface area contributed by atoms with Crippen LogP contribution in [0.2, 0.25) is 0 Å². The molecule has 4 fully saturated rings. The van der Waals surface area contributed by atoms with E-state index in [1.165, 1.54) is 38.5 Å². The molecule has 16 heavy (non-hydrogen) atoms. The zero-order valence-electron chi connectivity index (χ0n) is 9.74. The van der Waals surface area contributed by atoms with E-state index in [1.807, 2.05) is 0 Å². The molecule has 4 aliphatic rings. The Hall–Kier alpha value is -0.570. The molecule has 4 rings (SSSR count). The van der Waals surface area contributed by atoms with Crippen molar-refractivity contribution < 1.29 is 9.90 Å². The van der Waals surface area contributed by atoms with Gasteiger partial charge in [0, 0.05) is 12.1 Å². The Balaban J connectivity index is 1.62. The van der Waals surface area contributed by atoms with Gasteiger partial charge in [-0.3, -0.25) is 4.79 Å². The fraction of sp³-hybridized carbons (Fsp3) is 0.923. The van der Waals surface area contributed by atoms with Crippen LogP contribution in [-0.2, 0) is 4.79 Å². The second-order valence-electron chi connectivity index (χ2n) is 6.27. The average Bonchev–Trinajstić information content (AvgIpc) is 2.13. The van der Waals surface area contributed by atoms with E-state index in [1.54, 1.807) is 0 Å². The SMILES string of the molecule is O=C(O)CCNC12CC3CC(CC(C3)C1)C2. The number of aliphatic carboxylic acids is 1. The van der Waals surface area contributed by atoms with Gasteiger partial charge in [-0.25, -0.2) is 0 Å². The van der Waals surface area contributed by atoms with Crippen LogP contribution in [0.1, 0.15) is 44.9 Å². The fourth-order valence-corrected chi connectivity index (χ4v) is 4.76. The average molecular weight is 223 g/mol. The minimum Gasteiger partial charge on any atom is -0.481 e. The van der Waals surface area contributed by atoms with Crippen molar-refractivity contribution in [2.24, 2.45) is 17.8 Å². The first-order valence-electron chi connectivity index (χ1n) is 6.62. The Morgan fingerprint density at radius 2 is 1.62 bits per heavy atom. The quantitative estimate of drug-likeness (QED) is 0.766. The summed E-state index contributed by atoms with van der Waals surface area (Å²) in [5.41, 5.74) is 0.324. The molecule has 4 aliphatic carbocycles. The Bertz CT molecular complexity index is 265. The van der Waals surface area contributed by atoms with Crippen molar-refractivity contribution in [2.45, 2.75) is 50.5 Å². The maximum Gasteiger partial charge on any atom is 0.304 e. The van der Waals surface area contributed by atoms with Crippen LogP contribution < -0.4 is 5.32 Å². The monoisotopic (exact) mass is 223 g/mol. The highest BCUT2D eigenvalue weighted by Crippen LogP contribution is 2.55. The summed E-state index contributed by atoms with van der Waals surface area (Å²) in [5.74, 6) is 2.12. The summed E-state index contributed by atoms with van der Waals surface area (Å²) < 4.78 is 0. The number of nitrogens with one attached hydrogen (secondary N) is 1. The zero-order valence-corrected chi connectivity index (χ0v) is 9.74. The van der Waals surface area contributed by atoms with Crippen LogP contribution in [0.25, 0.3) is 0 Å². The Kier molecular flexibility index (Phi) is 2.46. The molecule has 0 aromatic heterocycles. The van der Waals surface area contributed by atoms with Crippen molar-refractivity contribution in [1.29, 1.82) is 0 Å². The molecule has 0 saturated heterocycles. The summed E-state index contributed by atoms with van der Waals surface area (Å²) in [4.78, 5) is 10.5. The molecule has 0 radical (unpaired) electrons. The van der Waals surface area contributed by atoms with Crippen LogP contribution in [0.15, 0.2) is 0 Å². The first-order valence-corrected chi connectivity index (χ1v) is 6.62. The van der Waals surface area contributed by atoms with Crippen LogP contribution in [0, 0.1) is 17.8 Å². The highest BCUT2D eigenvalue weighted by Gasteiger charge is 2.50. The van der Waals surface area contributed by atoms with Crippen molar-refractivity contribution in [3.63, 3.8) is 0 Å². The predicted molar refractivity (Wildman–Crippen MR) is 61.2 cm³/mol. The molecule has 0 aromatic carbocycles. The molecule has 4 bridgehead atoms. The Labute approximate surface area is 96.6 Å². The molecule has 90 valence electrons. The maximum absolute atomic E-state index is 10.5. The molecule has 3 heteroatoms. The molecule has 0 unspecified atom stereocenters. The van der Waals surface area contributed by atoms with Gasteiger partial charge in [0.1, 0.15) is 0 Å². The van der Waals surface area contributed by atoms with E-state index in [0.29, 0.717) is 12.1 Å². The maximum atomic E-state index is 10.5. The van der Waals surface area contributed by atoms with Gasteiger partial charge in [-0.15, -0.1) is 0 Å². The van der Waals surface area contributed by atoms with Gasteiger partial charge in [0.2, 0.25) is 0 Å². The van der Waals surface area contributed by atoms with Gasteiger partial charge in [0.05, 0.1) is 6.42 Å². The summed E-state index contributed by atoms with van der Waals surface area (Å²) in [5, 5.41) is 12.3. The number of carboxylic acid groups (broad SMARTS) is 1. The van der Waals surface area contributed by atoms with Gasteiger partial charge in [-0.2, -0.15) is 0 Å². The number of rotatable bonds is 4. The lowest BCUT2D eigenvalue weighted by molar-refractivity contribution is -0.137. The molecule has 4 saturated carbocycles. The number of hydrogen-bond donors (Lipinski definition) is 2. The van der Waals surface area contributed by atoms with E-state index in [2.05, 4.69) is 5.32 Å². The van der Waals surface area contributed by atoms with Gasteiger partial charge in [0.15, 0.2) is 0 Å². The van der Waals surface area contributed by atoms with Gasteiger partial charge in [-0.05, 0) is 56.3 Å². The highest BCUT2D eigenvalue weighted by atomic mass is 16.4. The molecule has 0 heterocycles. The molecule has 0 spiro atoms. The second kappa shape index (κ2) is 3.73. The van der Waals surface area contributed by atoms with Crippen molar-refractivity contribution in [2.75, 3.05) is 6.54 Å². The first-order chi connectivity index (χ1) is 7.65. The molecular weight excluding hydrogens is 202 g/mol. The number of hydrogen-bond acceptors (Lipinski definition) is 2. The van der Waals surface area contributed by atoms with Crippen LogP contribution in [-0.4, -0.2) is 23.2 Å². The normalized spacial score (nSPS) is 44.9. The van der Waals surface area contributed by atoms with Gasteiger partial charge < -0.3 is 10.4 Å². The summed E-state index contributed by atoms with van der Waals surface area (Å²) in [6.07, 6.45) is 8.51. The lowest BCUT2D eigenvalue weighted by Gasteiger charge is -2.57. The van der Waals surface area contributed by atoms with Crippen LogP contribution in [0.5, 0.6) is 0 Å². The minimum atomic E-state index is -0.683. The van der Waals surface area contributed by atoms with Crippen molar-refractivity contribution in [3.05, 3.63) is 0 Å². The zero-order chi connectivity index (χ0) is 11.2. The van der Waals surface area contributed by atoms with E-state index in [0.717, 1.165) is 17.8 Å². The Morgan fingerprint density at radius 1 is 1.12 bits per heavy atom.